The molecule has 7 heteroatoms. The van der Waals surface area contributed by atoms with E-state index in [0.717, 1.165) is 4.47 Å². The van der Waals surface area contributed by atoms with Gasteiger partial charge in [-0.25, -0.2) is 9.37 Å². The van der Waals surface area contributed by atoms with Crippen LogP contribution in [0.5, 0.6) is 0 Å². The van der Waals surface area contributed by atoms with E-state index in [1.165, 1.54) is 12.1 Å². The summed E-state index contributed by atoms with van der Waals surface area (Å²) in [6.45, 7) is 0. The molecule has 1 N–H and O–H groups in total. The highest BCUT2D eigenvalue weighted by Gasteiger charge is 2.21. The molecule has 0 radical (unpaired) electrons. The van der Waals surface area contributed by atoms with Crippen LogP contribution < -0.4 is 5.32 Å². The summed E-state index contributed by atoms with van der Waals surface area (Å²) in [6.07, 6.45) is 3.49. The van der Waals surface area contributed by atoms with Crippen LogP contribution in [0.3, 0.4) is 0 Å². The Balaban J connectivity index is 1.70. The Kier molecular flexibility index (Phi) is 6.36. The third-order valence-corrected chi connectivity index (χ3v) is 4.88. The Bertz CT molecular complexity index is 985. The predicted octanol–water partition coefficient (Wildman–Crippen LogP) is 4.19. The minimum Gasteiger partial charge on any atom is -0.342 e. The van der Waals surface area contributed by atoms with Crippen LogP contribution in [-0.4, -0.2) is 21.2 Å². The van der Waals surface area contributed by atoms with Crippen molar-refractivity contribution < 1.29 is 14.0 Å². The molecule has 0 fully saturated rings. The standard InChI is InChI=1S/C21H19BrFN3O2/c1-26-12-11-24-21(26)20(15-3-2-4-17(23)13-15)25-19(28)10-9-18(27)14-5-7-16(22)8-6-14/h2-8,11-13,20H,9-10H2,1H3,(H,25,28). The van der Waals surface area contributed by atoms with Gasteiger partial charge in [0, 0.05) is 42.3 Å². The summed E-state index contributed by atoms with van der Waals surface area (Å²) in [5.74, 6) is -0.223. The van der Waals surface area contributed by atoms with Crippen molar-refractivity contribution in [3.05, 3.63) is 88.2 Å². The van der Waals surface area contributed by atoms with Crippen molar-refractivity contribution in [3.8, 4) is 0 Å². The highest BCUT2D eigenvalue weighted by atomic mass is 79.9. The molecule has 0 bridgehead atoms. The molecule has 1 atom stereocenters. The van der Waals surface area contributed by atoms with Gasteiger partial charge in [0.25, 0.3) is 0 Å². The number of hydrogen-bond acceptors (Lipinski definition) is 3. The lowest BCUT2D eigenvalue weighted by molar-refractivity contribution is -0.121. The molecular formula is C21H19BrFN3O2. The molecule has 144 valence electrons. The third kappa shape index (κ3) is 4.92. The molecule has 0 aliphatic carbocycles. The number of amides is 1. The summed E-state index contributed by atoms with van der Waals surface area (Å²) < 4.78 is 16.3. The normalized spacial score (nSPS) is 11.8. The van der Waals surface area contributed by atoms with Crippen LogP contribution in [0.25, 0.3) is 0 Å². The van der Waals surface area contributed by atoms with E-state index < -0.39 is 11.9 Å². The average molecular weight is 444 g/mol. The van der Waals surface area contributed by atoms with Gasteiger partial charge in [-0.2, -0.15) is 0 Å². The van der Waals surface area contributed by atoms with Crippen LogP contribution in [-0.2, 0) is 11.8 Å². The fourth-order valence-corrected chi connectivity index (χ4v) is 3.14. The number of nitrogens with zero attached hydrogens (tertiary/aromatic N) is 2. The predicted molar refractivity (Wildman–Crippen MR) is 107 cm³/mol. The molecular weight excluding hydrogens is 425 g/mol. The summed E-state index contributed by atoms with van der Waals surface area (Å²) >= 11 is 3.33. The van der Waals surface area contributed by atoms with E-state index in [2.05, 4.69) is 26.2 Å². The molecule has 2 aromatic carbocycles. The van der Waals surface area contributed by atoms with E-state index in [0.29, 0.717) is 17.0 Å². The molecule has 3 aromatic rings. The highest BCUT2D eigenvalue weighted by molar-refractivity contribution is 9.10. The van der Waals surface area contributed by atoms with Crippen molar-refractivity contribution in [3.63, 3.8) is 0 Å². The Labute approximate surface area is 170 Å². The number of benzene rings is 2. The van der Waals surface area contributed by atoms with Gasteiger partial charge in [-0.3, -0.25) is 9.59 Å². The van der Waals surface area contributed by atoms with E-state index in [9.17, 15) is 14.0 Å². The quantitative estimate of drug-likeness (QED) is 0.556. The van der Waals surface area contributed by atoms with Crippen LogP contribution in [0.2, 0.25) is 0 Å². The van der Waals surface area contributed by atoms with Gasteiger partial charge in [0.05, 0.1) is 0 Å². The number of nitrogens with one attached hydrogen (secondary N) is 1. The van der Waals surface area contributed by atoms with Gasteiger partial charge in [0.15, 0.2) is 5.78 Å². The molecule has 3 rings (SSSR count). The van der Waals surface area contributed by atoms with Crippen molar-refractivity contribution >= 4 is 27.6 Å². The minimum absolute atomic E-state index is 0.0329. The molecule has 1 amide bonds. The first-order valence-electron chi connectivity index (χ1n) is 8.75. The second kappa shape index (κ2) is 8.93. The maximum Gasteiger partial charge on any atom is 0.221 e. The summed E-state index contributed by atoms with van der Waals surface area (Å²) in [7, 11) is 1.80. The van der Waals surface area contributed by atoms with Crippen molar-refractivity contribution in [2.75, 3.05) is 0 Å². The van der Waals surface area contributed by atoms with Gasteiger partial charge in [-0.15, -0.1) is 0 Å². The van der Waals surface area contributed by atoms with E-state index >= 15 is 0 Å². The van der Waals surface area contributed by atoms with Crippen LogP contribution in [0, 0.1) is 5.82 Å². The first-order chi connectivity index (χ1) is 13.4. The lowest BCUT2D eigenvalue weighted by Gasteiger charge is -2.19. The van der Waals surface area contributed by atoms with Crippen LogP contribution in [0.4, 0.5) is 4.39 Å². The zero-order valence-electron chi connectivity index (χ0n) is 15.2. The fourth-order valence-electron chi connectivity index (χ4n) is 2.88. The first-order valence-corrected chi connectivity index (χ1v) is 9.54. The molecule has 1 heterocycles. The van der Waals surface area contributed by atoms with Gasteiger partial charge in [-0.05, 0) is 29.8 Å². The number of rotatable bonds is 7. The summed E-state index contributed by atoms with van der Waals surface area (Å²) in [4.78, 5) is 29.1. The molecule has 1 unspecified atom stereocenters. The number of halogens is 2. The first kappa shape index (κ1) is 19.9. The maximum atomic E-state index is 13.7. The number of carbonyl (C=O) groups is 2. The molecule has 0 aliphatic rings. The Morgan fingerprint density at radius 1 is 1.18 bits per heavy atom. The van der Waals surface area contributed by atoms with E-state index in [1.54, 1.807) is 60.4 Å². The number of ketones is 1. The van der Waals surface area contributed by atoms with E-state index in [1.807, 2.05) is 0 Å². The zero-order chi connectivity index (χ0) is 20.1. The lowest BCUT2D eigenvalue weighted by Crippen LogP contribution is -2.31. The number of hydrogen-bond donors (Lipinski definition) is 1. The number of aryl methyl sites for hydroxylation is 1. The van der Waals surface area contributed by atoms with E-state index in [-0.39, 0.29) is 24.5 Å². The molecule has 0 saturated carbocycles. The fraction of sp³-hybridized carbons (Fsp3) is 0.190. The number of Topliss-reactive ketones (excluding diaryl/α,β-unsaturated/α-hetero) is 1. The second-order valence-corrected chi connectivity index (χ2v) is 7.30. The Morgan fingerprint density at radius 2 is 1.93 bits per heavy atom. The topological polar surface area (TPSA) is 64.0 Å². The smallest absolute Gasteiger partial charge is 0.221 e. The molecule has 1 aromatic heterocycles. The molecule has 28 heavy (non-hydrogen) atoms. The molecule has 0 saturated heterocycles. The Morgan fingerprint density at radius 3 is 2.57 bits per heavy atom. The van der Waals surface area contributed by atoms with Crippen molar-refractivity contribution in [2.45, 2.75) is 18.9 Å². The van der Waals surface area contributed by atoms with Crippen molar-refractivity contribution in [1.29, 1.82) is 0 Å². The van der Waals surface area contributed by atoms with E-state index in [4.69, 9.17) is 0 Å². The number of imidazole rings is 1. The maximum absolute atomic E-state index is 13.7. The monoisotopic (exact) mass is 443 g/mol. The summed E-state index contributed by atoms with van der Waals surface area (Å²) in [5, 5.41) is 2.87. The van der Waals surface area contributed by atoms with Gasteiger partial charge < -0.3 is 9.88 Å². The van der Waals surface area contributed by atoms with Crippen molar-refractivity contribution in [1.82, 2.24) is 14.9 Å². The van der Waals surface area contributed by atoms with Crippen LogP contribution >= 0.6 is 15.9 Å². The molecule has 0 spiro atoms. The highest BCUT2D eigenvalue weighted by Crippen LogP contribution is 2.21. The zero-order valence-corrected chi connectivity index (χ0v) is 16.8. The van der Waals surface area contributed by atoms with Gasteiger partial charge in [0.1, 0.15) is 17.7 Å². The minimum atomic E-state index is -0.606. The van der Waals surface area contributed by atoms with Gasteiger partial charge in [-0.1, -0.05) is 40.2 Å². The largest absolute Gasteiger partial charge is 0.342 e. The van der Waals surface area contributed by atoms with Crippen molar-refractivity contribution in [2.24, 2.45) is 7.05 Å². The lowest BCUT2D eigenvalue weighted by atomic mass is 10.0. The third-order valence-electron chi connectivity index (χ3n) is 4.35. The molecule has 5 nitrogen and oxygen atoms in total. The SMILES string of the molecule is Cn1ccnc1C(NC(=O)CCC(=O)c1ccc(Br)cc1)c1cccc(F)c1. The second-order valence-electron chi connectivity index (χ2n) is 6.38. The van der Waals surface area contributed by atoms with Crippen LogP contribution in [0.1, 0.15) is 40.6 Å². The Hall–Kier alpha value is -2.80. The van der Waals surface area contributed by atoms with Gasteiger partial charge >= 0.3 is 0 Å². The summed E-state index contributed by atoms with van der Waals surface area (Å²) in [5.41, 5.74) is 1.14. The number of aromatic nitrogens is 2. The van der Waals surface area contributed by atoms with Gasteiger partial charge in [0.2, 0.25) is 5.91 Å². The average Bonchev–Trinajstić information content (AvgIpc) is 3.10. The summed E-state index contributed by atoms with van der Waals surface area (Å²) in [6, 6.07) is 12.4. The number of carbonyl (C=O) groups excluding carboxylic acids is 2. The molecule has 0 aliphatic heterocycles. The van der Waals surface area contributed by atoms with Crippen LogP contribution in [0.15, 0.2) is 65.4 Å².